The van der Waals surface area contributed by atoms with Crippen LogP contribution in [0.1, 0.15) is 12.5 Å². The summed E-state index contributed by atoms with van der Waals surface area (Å²) >= 11 is 3.50. The molecule has 0 saturated carbocycles. The fourth-order valence-corrected chi connectivity index (χ4v) is 2.90. The highest BCUT2D eigenvalue weighted by Gasteiger charge is 2.19. The first-order valence-electron chi connectivity index (χ1n) is 7.41. The summed E-state index contributed by atoms with van der Waals surface area (Å²) in [5.74, 6) is 1.29. The number of hydrogen-bond donors (Lipinski definition) is 0. The van der Waals surface area contributed by atoms with E-state index < -0.39 is 0 Å². The normalized spacial score (nSPS) is 11.6. The molecule has 0 amide bonds. The Hall–Kier alpha value is -2.35. The van der Waals surface area contributed by atoms with Crippen LogP contribution in [0, 0.1) is 6.92 Å². The second kappa shape index (κ2) is 6.04. The average Bonchev–Trinajstić information content (AvgIpc) is 2.98. The number of nitrogens with zero attached hydrogens (tertiary/aromatic N) is 5. The van der Waals surface area contributed by atoms with Crippen LogP contribution in [0.3, 0.4) is 0 Å². The number of tetrazole rings is 1. The SMILES string of the molecule is [3H]c1ccc(OCc2c(Br)cn(C)c2-n2nnn(C)c2=O)c(C)c1. The van der Waals surface area contributed by atoms with Gasteiger partial charge in [-0.05, 0) is 44.9 Å². The summed E-state index contributed by atoms with van der Waals surface area (Å²) < 4.78 is 18.5. The van der Waals surface area contributed by atoms with Crippen LogP contribution in [0.4, 0.5) is 0 Å². The maximum atomic E-state index is 12.2. The highest BCUT2D eigenvalue weighted by Crippen LogP contribution is 2.27. The zero-order valence-corrected chi connectivity index (χ0v) is 14.5. The highest BCUT2D eigenvalue weighted by atomic mass is 79.9. The standard InChI is InChI=1S/C15H16BrN5O2/c1-10-6-4-5-7-13(10)23-9-11-12(16)8-19(2)14(11)21-15(22)20(3)17-18-21/h4-8H,9H2,1-3H3/i4T. The lowest BCUT2D eigenvalue weighted by atomic mass is 10.2. The molecule has 0 aliphatic carbocycles. The Morgan fingerprint density at radius 3 is 2.78 bits per heavy atom. The van der Waals surface area contributed by atoms with Gasteiger partial charge in [-0.15, -0.1) is 4.68 Å². The molecule has 0 saturated heterocycles. The number of aryl methyl sites for hydroxylation is 3. The third-order valence-corrected chi connectivity index (χ3v) is 4.20. The molecule has 120 valence electrons. The van der Waals surface area contributed by atoms with Gasteiger partial charge in [0.05, 0.1) is 1.37 Å². The summed E-state index contributed by atoms with van der Waals surface area (Å²) in [7, 11) is 3.37. The van der Waals surface area contributed by atoms with E-state index in [0.29, 0.717) is 17.6 Å². The Morgan fingerprint density at radius 1 is 1.35 bits per heavy atom. The van der Waals surface area contributed by atoms with E-state index in [9.17, 15) is 4.79 Å². The van der Waals surface area contributed by atoms with Crippen molar-refractivity contribution in [3.8, 4) is 11.6 Å². The van der Waals surface area contributed by atoms with E-state index in [1.807, 2.05) is 20.2 Å². The van der Waals surface area contributed by atoms with E-state index in [1.54, 1.807) is 29.8 Å². The van der Waals surface area contributed by atoms with Crippen LogP contribution < -0.4 is 10.4 Å². The minimum atomic E-state index is -0.334. The van der Waals surface area contributed by atoms with Crippen LogP contribution >= 0.6 is 15.9 Å². The first-order valence-corrected chi connectivity index (χ1v) is 7.71. The molecule has 0 radical (unpaired) electrons. The Kier molecular flexibility index (Phi) is 3.74. The van der Waals surface area contributed by atoms with Gasteiger partial charge in [0.25, 0.3) is 0 Å². The molecule has 0 fully saturated rings. The summed E-state index contributed by atoms with van der Waals surface area (Å²) in [4.78, 5) is 12.2. The van der Waals surface area contributed by atoms with Crippen LogP contribution in [0.2, 0.25) is 0 Å². The Balaban J connectivity index is 1.97. The maximum absolute atomic E-state index is 12.2. The van der Waals surface area contributed by atoms with Crippen molar-refractivity contribution >= 4 is 15.9 Å². The van der Waals surface area contributed by atoms with E-state index in [1.165, 1.54) is 9.36 Å². The predicted molar refractivity (Wildman–Crippen MR) is 88.8 cm³/mol. The van der Waals surface area contributed by atoms with Crippen LogP contribution in [0.15, 0.2) is 39.7 Å². The van der Waals surface area contributed by atoms with Crippen LogP contribution in [0.5, 0.6) is 5.75 Å². The summed E-state index contributed by atoms with van der Waals surface area (Å²) in [6.07, 6.45) is 1.84. The molecule has 0 aliphatic heterocycles. The van der Waals surface area contributed by atoms with Crippen LogP contribution in [-0.4, -0.2) is 24.4 Å². The van der Waals surface area contributed by atoms with Gasteiger partial charge in [0.15, 0.2) is 0 Å². The van der Waals surface area contributed by atoms with Crippen molar-refractivity contribution in [2.45, 2.75) is 13.5 Å². The Morgan fingerprint density at radius 2 is 2.13 bits per heavy atom. The monoisotopic (exact) mass is 379 g/mol. The van der Waals surface area contributed by atoms with E-state index in [-0.39, 0.29) is 12.3 Å². The van der Waals surface area contributed by atoms with Crippen LogP contribution in [0.25, 0.3) is 5.82 Å². The molecule has 0 aliphatic rings. The van der Waals surface area contributed by atoms with Crippen molar-refractivity contribution in [1.29, 1.82) is 0 Å². The molecule has 0 unspecified atom stereocenters. The van der Waals surface area contributed by atoms with Gasteiger partial charge in [0, 0.05) is 30.3 Å². The quantitative estimate of drug-likeness (QED) is 0.694. The lowest BCUT2D eigenvalue weighted by Gasteiger charge is -2.10. The van der Waals surface area contributed by atoms with Gasteiger partial charge in [-0.2, -0.15) is 4.68 Å². The summed E-state index contributed by atoms with van der Waals surface area (Å²) in [5.41, 5.74) is 1.34. The van der Waals surface area contributed by atoms with E-state index >= 15 is 0 Å². The zero-order valence-electron chi connectivity index (χ0n) is 13.9. The zero-order chi connectivity index (χ0) is 17.4. The third-order valence-electron chi connectivity index (χ3n) is 3.51. The molecular weight excluding hydrogens is 362 g/mol. The Labute approximate surface area is 142 Å². The largest absolute Gasteiger partial charge is 0.488 e. The van der Waals surface area contributed by atoms with Crippen molar-refractivity contribution < 1.29 is 6.11 Å². The van der Waals surface area contributed by atoms with Crippen LogP contribution in [-0.2, 0) is 20.7 Å². The molecule has 3 aromatic rings. The molecule has 23 heavy (non-hydrogen) atoms. The first-order chi connectivity index (χ1) is 11.4. The molecule has 2 aromatic heterocycles. The fraction of sp³-hybridized carbons (Fsp3) is 0.267. The third kappa shape index (κ3) is 2.81. The van der Waals surface area contributed by atoms with Gasteiger partial charge in [-0.1, -0.05) is 18.2 Å². The first kappa shape index (κ1) is 14.3. The smallest absolute Gasteiger partial charge is 0.369 e. The lowest BCUT2D eigenvalue weighted by Crippen LogP contribution is -2.24. The van der Waals surface area contributed by atoms with Gasteiger partial charge in [0.1, 0.15) is 18.2 Å². The summed E-state index contributed by atoms with van der Waals surface area (Å²) in [6.45, 7) is 2.14. The van der Waals surface area contributed by atoms with E-state index in [2.05, 4.69) is 26.4 Å². The Bertz CT molecular complexity index is 959. The van der Waals surface area contributed by atoms with Crippen molar-refractivity contribution in [2.24, 2.45) is 14.1 Å². The van der Waals surface area contributed by atoms with Gasteiger partial charge in [-0.25, -0.2) is 4.79 Å². The molecule has 2 heterocycles. The minimum absolute atomic E-state index is 0.248. The molecule has 0 N–H and O–H groups in total. The minimum Gasteiger partial charge on any atom is -0.488 e. The van der Waals surface area contributed by atoms with Gasteiger partial charge < -0.3 is 9.30 Å². The lowest BCUT2D eigenvalue weighted by molar-refractivity contribution is 0.302. The number of benzene rings is 1. The van der Waals surface area contributed by atoms with Crippen molar-refractivity contribution in [3.05, 3.63) is 56.5 Å². The summed E-state index contributed by atoms with van der Waals surface area (Å²) in [6, 6.07) is 5.62. The van der Waals surface area contributed by atoms with Gasteiger partial charge in [-0.3, -0.25) is 0 Å². The van der Waals surface area contributed by atoms with E-state index in [4.69, 9.17) is 6.11 Å². The van der Waals surface area contributed by atoms with Crippen molar-refractivity contribution in [3.63, 3.8) is 0 Å². The molecule has 0 atom stereocenters. The summed E-state index contributed by atoms with van der Waals surface area (Å²) in [5, 5.41) is 7.65. The number of ether oxygens (including phenoxy) is 1. The molecule has 7 nitrogen and oxygen atoms in total. The average molecular weight is 380 g/mol. The molecule has 8 heteroatoms. The van der Waals surface area contributed by atoms with E-state index in [0.717, 1.165) is 15.6 Å². The van der Waals surface area contributed by atoms with Gasteiger partial charge >= 0.3 is 5.69 Å². The fourth-order valence-electron chi connectivity index (χ4n) is 2.30. The maximum Gasteiger partial charge on any atom is 0.369 e. The molecule has 0 spiro atoms. The van der Waals surface area contributed by atoms with Crippen molar-refractivity contribution in [1.82, 2.24) is 24.4 Å². The van der Waals surface area contributed by atoms with Crippen molar-refractivity contribution in [2.75, 3.05) is 0 Å². The predicted octanol–water partition coefficient (Wildman–Crippen LogP) is 1.95. The second-order valence-electron chi connectivity index (χ2n) is 5.17. The highest BCUT2D eigenvalue weighted by molar-refractivity contribution is 9.10. The molecule has 1 aromatic carbocycles. The molecule has 0 bridgehead atoms. The number of aromatic nitrogens is 5. The number of halogens is 1. The number of hydrogen-bond acceptors (Lipinski definition) is 4. The second-order valence-corrected chi connectivity index (χ2v) is 6.02. The molecular formula is C15H16BrN5O2. The topological polar surface area (TPSA) is 66.9 Å². The molecule has 3 rings (SSSR count). The van der Waals surface area contributed by atoms with Gasteiger partial charge in [0.2, 0.25) is 0 Å². The number of para-hydroxylation sites is 1. The number of rotatable bonds is 4.